The van der Waals surface area contributed by atoms with Crippen LogP contribution in [0.4, 0.5) is 0 Å². The van der Waals surface area contributed by atoms with Crippen LogP contribution in [0, 0.1) is 6.92 Å². The lowest BCUT2D eigenvalue weighted by atomic mass is 9.99. The Kier molecular flexibility index (Phi) is 9.71. The van der Waals surface area contributed by atoms with Gasteiger partial charge in [-0.2, -0.15) is 0 Å². The van der Waals surface area contributed by atoms with E-state index in [1.165, 1.54) is 32.5 Å². The van der Waals surface area contributed by atoms with Crippen molar-refractivity contribution in [1.82, 2.24) is 0 Å². The topological polar surface area (TPSA) is 97.4 Å². The van der Waals surface area contributed by atoms with Crippen molar-refractivity contribution in [2.75, 3.05) is 6.61 Å². The first-order chi connectivity index (χ1) is 16.7. The number of esters is 3. The minimum Gasteiger partial charge on any atom is -0.463 e. The number of aryl methyl sites for hydroxylation is 1. The van der Waals surface area contributed by atoms with Crippen molar-refractivity contribution in [3.63, 3.8) is 0 Å². The second-order valence-corrected chi connectivity index (χ2v) is 9.36. The summed E-state index contributed by atoms with van der Waals surface area (Å²) in [5, 5.41) is 0. The van der Waals surface area contributed by atoms with Crippen molar-refractivity contribution in [1.29, 1.82) is 0 Å². The first-order valence-corrected chi connectivity index (χ1v) is 12.1. The second-order valence-electron chi connectivity index (χ2n) is 8.19. The molecule has 0 aliphatic carbocycles. The Morgan fingerprint density at radius 2 is 1.46 bits per heavy atom. The first kappa shape index (κ1) is 26.7. The molecule has 35 heavy (non-hydrogen) atoms. The fourth-order valence-electron chi connectivity index (χ4n) is 3.67. The molecule has 0 radical (unpaired) electrons. The molecule has 2 aromatic carbocycles. The van der Waals surface area contributed by atoms with Gasteiger partial charge in [0.1, 0.15) is 24.3 Å². The van der Waals surface area contributed by atoms with E-state index in [9.17, 15) is 14.4 Å². The van der Waals surface area contributed by atoms with Gasteiger partial charge in [-0.25, -0.2) is 0 Å². The lowest BCUT2D eigenvalue weighted by molar-refractivity contribution is -0.241. The summed E-state index contributed by atoms with van der Waals surface area (Å²) in [6.07, 6.45) is -3.59. The fraction of sp³-hybridized carbons (Fsp3) is 0.423. The summed E-state index contributed by atoms with van der Waals surface area (Å²) >= 11 is 1.35. The van der Waals surface area contributed by atoms with E-state index in [4.69, 9.17) is 23.7 Å². The summed E-state index contributed by atoms with van der Waals surface area (Å²) < 4.78 is 28.9. The molecule has 5 atom stereocenters. The normalized spacial score (nSPS) is 23.8. The van der Waals surface area contributed by atoms with E-state index in [0.29, 0.717) is 0 Å². The van der Waals surface area contributed by atoms with E-state index in [1.807, 2.05) is 61.5 Å². The molecular weight excluding hydrogens is 472 g/mol. The molecule has 0 spiro atoms. The van der Waals surface area contributed by atoms with Gasteiger partial charge >= 0.3 is 17.9 Å². The Labute approximate surface area is 209 Å². The molecule has 0 N–H and O–H groups in total. The Bertz CT molecular complexity index is 994. The van der Waals surface area contributed by atoms with E-state index in [2.05, 4.69) is 0 Å². The zero-order chi connectivity index (χ0) is 25.4. The van der Waals surface area contributed by atoms with Gasteiger partial charge in [-0.3, -0.25) is 14.4 Å². The number of carbonyl (C=O) groups excluding carboxylic acids is 3. The van der Waals surface area contributed by atoms with Gasteiger partial charge in [0.05, 0.1) is 6.61 Å². The van der Waals surface area contributed by atoms with Crippen molar-refractivity contribution in [3.8, 4) is 0 Å². The summed E-state index contributed by atoms with van der Waals surface area (Å²) in [7, 11) is 0. The number of thioether (sulfide) groups is 1. The highest BCUT2D eigenvalue weighted by Crippen LogP contribution is 2.37. The van der Waals surface area contributed by atoms with Crippen LogP contribution in [-0.2, 0) is 44.7 Å². The molecule has 1 heterocycles. The van der Waals surface area contributed by atoms with E-state index >= 15 is 0 Å². The maximum Gasteiger partial charge on any atom is 0.303 e. The van der Waals surface area contributed by atoms with Crippen LogP contribution in [0.1, 0.15) is 31.9 Å². The predicted molar refractivity (Wildman–Crippen MR) is 128 cm³/mol. The van der Waals surface area contributed by atoms with Crippen molar-refractivity contribution >= 4 is 29.7 Å². The zero-order valence-corrected chi connectivity index (χ0v) is 21.0. The fourth-order valence-corrected chi connectivity index (χ4v) is 4.77. The molecule has 1 fully saturated rings. The van der Waals surface area contributed by atoms with Crippen LogP contribution in [0.25, 0.3) is 0 Å². The number of rotatable bonds is 9. The van der Waals surface area contributed by atoms with Crippen LogP contribution in [0.5, 0.6) is 0 Å². The molecule has 3 rings (SSSR count). The monoisotopic (exact) mass is 502 g/mol. The summed E-state index contributed by atoms with van der Waals surface area (Å²) in [4.78, 5) is 36.5. The quantitative estimate of drug-likeness (QED) is 0.374. The molecule has 5 unspecified atom stereocenters. The second kappa shape index (κ2) is 12.7. The molecule has 1 aliphatic heterocycles. The molecule has 0 saturated carbocycles. The molecule has 0 amide bonds. The molecule has 8 nitrogen and oxygen atoms in total. The molecule has 9 heteroatoms. The maximum absolute atomic E-state index is 12.1. The van der Waals surface area contributed by atoms with Gasteiger partial charge in [0.2, 0.25) is 0 Å². The Morgan fingerprint density at radius 1 is 0.829 bits per heavy atom. The van der Waals surface area contributed by atoms with Crippen LogP contribution >= 0.6 is 11.8 Å². The SMILES string of the molecule is CC(=O)OCC1OC(Sc2ccc(C)cc2)C(OC(C)=O)C(OCc2ccccc2)C1OC(C)=O. The van der Waals surface area contributed by atoms with Gasteiger partial charge in [0, 0.05) is 25.7 Å². The maximum atomic E-state index is 12.1. The summed E-state index contributed by atoms with van der Waals surface area (Å²) in [6.45, 7) is 5.87. The standard InChI is InChI=1S/C26H30O8S/c1-16-10-12-21(13-11-16)35-26-25(33-19(4)29)24(31-14-20-8-6-5-7-9-20)23(32-18(3)28)22(34-26)15-30-17(2)27/h5-13,22-26H,14-15H2,1-4H3. The Balaban J connectivity index is 1.95. The zero-order valence-electron chi connectivity index (χ0n) is 20.2. The third-order valence-corrected chi connectivity index (χ3v) is 6.36. The van der Waals surface area contributed by atoms with Gasteiger partial charge in [0.25, 0.3) is 0 Å². The average Bonchev–Trinajstić information content (AvgIpc) is 2.80. The van der Waals surface area contributed by atoms with Gasteiger partial charge in [0.15, 0.2) is 12.2 Å². The lowest BCUT2D eigenvalue weighted by Gasteiger charge is -2.44. The lowest BCUT2D eigenvalue weighted by Crippen LogP contribution is -2.61. The highest BCUT2D eigenvalue weighted by molar-refractivity contribution is 7.99. The van der Waals surface area contributed by atoms with Crippen LogP contribution in [0.3, 0.4) is 0 Å². The van der Waals surface area contributed by atoms with Crippen LogP contribution < -0.4 is 0 Å². The highest BCUT2D eigenvalue weighted by Gasteiger charge is 2.51. The van der Waals surface area contributed by atoms with Gasteiger partial charge in [-0.15, -0.1) is 0 Å². The van der Waals surface area contributed by atoms with Gasteiger partial charge in [-0.1, -0.05) is 59.8 Å². The van der Waals surface area contributed by atoms with Crippen LogP contribution in [0.2, 0.25) is 0 Å². The van der Waals surface area contributed by atoms with E-state index in [1.54, 1.807) is 0 Å². The number of ether oxygens (including phenoxy) is 5. The number of hydrogen-bond donors (Lipinski definition) is 0. The van der Waals surface area contributed by atoms with E-state index in [0.717, 1.165) is 16.0 Å². The van der Waals surface area contributed by atoms with Crippen molar-refractivity contribution in [2.24, 2.45) is 0 Å². The number of benzene rings is 2. The highest BCUT2D eigenvalue weighted by atomic mass is 32.2. The minimum absolute atomic E-state index is 0.157. The molecular formula is C26H30O8S. The average molecular weight is 503 g/mol. The molecule has 1 saturated heterocycles. The van der Waals surface area contributed by atoms with Crippen LogP contribution in [-0.4, -0.2) is 54.4 Å². The van der Waals surface area contributed by atoms with Crippen molar-refractivity contribution < 1.29 is 38.1 Å². The molecule has 188 valence electrons. The minimum atomic E-state index is -0.977. The molecule has 0 aromatic heterocycles. The third-order valence-electron chi connectivity index (χ3n) is 5.20. The first-order valence-electron chi connectivity index (χ1n) is 11.2. The van der Waals surface area contributed by atoms with E-state index in [-0.39, 0.29) is 13.2 Å². The van der Waals surface area contributed by atoms with Crippen molar-refractivity contribution in [3.05, 3.63) is 65.7 Å². The van der Waals surface area contributed by atoms with Crippen molar-refractivity contribution in [2.45, 2.75) is 69.0 Å². The Hall–Kier alpha value is -2.88. The molecule has 0 bridgehead atoms. The number of carbonyl (C=O) groups is 3. The largest absolute Gasteiger partial charge is 0.463 e. The Morgan fingerprint density at radius 3 is 2.06 bits per heavy atom. The van der Waals surface area contributed by atoms with Gasteiger partial charge in [-0.05, 0) is 24.6 Å². The summed E-state index contributed by atoms with van der Waals surface area (Å²) in [5.74, 6) is -1.59. The summed E-state index contributed by atoms with van der Waals surface area (Å²) in [6, 6.07) is 17.3. The molecule has 1 aliphatic rings. The smallest absolute Gasteiger partial charge is 0.303 e. The summed E-state index contributed by atoms with van der Waals surface area (Å²) in [5.41, 5.74) is 1.28. The molecule has 2 aromatic rings. The van der Waals surface area contributed by atoms with Gasteiger partial charge < -0.3 is 23.7 Å². The van der Waals surface area contributed by atoms with Crippen LogP contribution in [0.15, 0.2) is 59.5 Å². The third kappa shape index (κ3) is 8.09. The number of hydrogen-bond acceptors (Lipinski definition) is 9. The predicted octanol–water partition coefficient (Wildman–Crippen LogP) is 3.82. The van der Waals surface area contributed by atoms with E-state index < -0.39 is 47.8 Å².